The summed E-state index contributed by atoms with van der Waals surface area (Å²) in [4.78, 5) is 26.8. The van der Waals surface area contributed by atoms with Crippen LogP contribution < -0.4 is 5.32 Å². The molecule has 7 heteroatoms. The van der Waals surface area contributed by atoms with Gasteiger partial charge in [-0.25, -0.2) is 0 Å². The molecule has 0 spiro atoms. The summed E-state index contributed by atoms with van der Waals surface area (Å²) in [5.74, 6) is 0.431. The van der Waals surface area contributed by atoms with Crippen molar-refractivity contribution in [3.63, 3.8) is 0 Å². The van der Waals surface area contributed by atoms with E-state index in [4.69, 9.17) is 5.41 Å². The zero-order chi connectivity index (χ0) is 23.7. The van der Waals surface area contributed by atoms with E-state index in [-0.39, 0.29) is 63.6 Å². The SMILES string of the molecule is Br.CC(C)C(=O)NCC1CCN(CC(=O)c2cc(C(C)(C)C)c(O)c(C(C)(C)C)c2)C1=N. The molecule has 1 aromatic rings. The summed E-state index contributed by atoms with van der Waals surface area (Å²) in [6.45, 7) is 17.0. The number of hydrogen-bond acceptors (Lipinski definition) is 4. The maximum atomic E-state index is 13.2. The van der Waals surface area contributed by atoms with Gasteiger partial charge in [0.25, 0.3) is 0 Å². The molecule has 32 heavy (non-hydrogen) atoms. The van der Waals surface area contributed by atoms with E-state index in [0.717, 1.165) is 17.5 Å². The van der Waals surface area contributed by atoms with E-state index in [1.165, 1.54) is 0 Å². The van der Waals surface area contributed by atoms with E-state index >= 15 is 0 Å². The second-order valence-electron chi connectivity index (χ2n) is 11.0. The predicted molar refractivity (Wildman–Crippen MR) is 135 cm³/mol. The number of likely N-dealkylation sites (tertiary alicyclic amines) is 1. The lowest BCUT2D eigenvalue weighted by molar-refractivity contribution is -0.124. The largest absolute Gasteiger partial charge is 0.507 e. The van der Waals surface area contributed by atoms with Gasteiger partial charge in [-0.15, -0.1) is 17.0 Å². The van der Waals surface area contributed by atoms with Crippen LogP contribution in [-0.2, 0) is 15.6 Å². The number of rotatable bonds is 6. The fraction of sp³-hybridized carbons (Fsp3) is 0.640. The number of phenolic OH excluding ortho intramolecular Hbond substituents is 1. The topological polar surface area (TPSA) is 93.5 Å². The zero-order valence-electron chi connectivity index (χ0n) is 20.8. The molecule has 3 N–H and O–H groups in total. The number of Topliss-reactive ketones (excluding diaryl/α,β-unsaturated/α-hetero) is 1. The lowest BCUT2D eigenvalue weighted by Gasteiger charge is -2.28. The smallest absolute Gasteiger partial charge is 0.222 e. The quantitative estimate of drug-likeness (QED) is 0.479. The molecule has 0 saturated carbocycles. The highest BCUT2D eigenvalue weighted by Gasteiger charge is 2.32. The van der Waals surface area contributed by atoms with Crippen molar-refractivity contribution >= 4 is 34.5 Å². The lowest BCUT2D eigenvalue weighted by atomic mass is 9.78. The van der Waals surface area contributed by atoms with Gasteiger partial charge in [0.05, 0.1) is 6.54 Å². The van der Waals surface area contributed by atoms with Gasteiger partial charge in [0, 0.05) is 41.6 Å². The molecular weight excluding hydrogens is 470 g/mol. The average molecular weight is 511 g/mol. The van der Waals surface area contributed by atoms with Crippen LogP contribution in [0, 0.1) is 17.2 Å². The molecule has 6 nitrogen and oxygen atoms in total. The molecule has 0 aliphatic carbocycles. The van der Waals surface area contributed by atoms with Crippen LogP contribution in [0.4, 0.5) is 0 Å². The number of amides is 1. The van der Waals surface area contributed by atoms with Crippen LogP contribution in [0.2, 0.25) is 0 Å². The van der Waals surface area contributed by atoms with Crippen molar-refractivity contribution < 1.29 is 14.7 Å². The first kappa shape index (κ1) is 28.1. The van der Waals surface area contributed by atoms with Crippen LogP contribution >= 0.6 is 17.0 Å². The molecular formula is C25H40BrN3O3. The minimum atomic E-state index is -0.305. The summed E-state index contributed by atoms with van der Waals surface area (Å²) in [6, 6.07) is 3.60. The number of nitrogens with zero attached hydrogens (tertiary/aromatic N) is 1. The van der Waals surface area contributed by atoms with Gasteiger partial charge in [-0.1, -0.05) is 55.4 Å². The van der Waals surface area contributed by atoms with Gasteiger partial charge in [0.15, 0.2) is 5.78 Å². The minimum absolute atomic E-state index is 0. The molecule has 1 aliphatic heterocycles. The summed E-state index contributed by atoms with van der Waals surface area (Å²) < 4.78 is 0. The normalized spacial score (nSPS) is 16.8. The van der Waals surface area contributed by atoms with Crippen molar-refractivity contribution in [2.75, 3.05) is 19.6 Å². The first-order valence-electron chi connectivity index (χ1n) is 11.1. The molecule has 1 saturated heterocycles. The Kier molecular flexibility index (Phi) is 9.12. The van der Waals surface area contributed by atoms with Crippen molar-refractivity contribution in [3.8, 4) is 5.75 Å². The van der Waals surface area contributed by atoms with Gasteiger partial charge >= 0.3 is 0 Å². The van der Waals surface area contributed by atoms with Gasteiger partial charge in [0.1, 0.15) is 11.6 Å². The highest BCUT2D eigenvalue weighted by molar-refractivity contribution is 8.93. The van der Waals surface area contributed by atoms with Gasteiger partial charge in [-0.05, 0) is 29.4 Å². The van der Waals surface area contributed by atoms with Crippen LogP contribution in [-0.4, -0.2) is 47.2 Å². The van der Waals surface area contributed by atoms with Crippen LogP contribution in [0.1, 0.15) is 83.3 Å². The third-order valence-electron chi connectivity index (χ3n) is 5.90. The van der Waals surface area contributed by atoms with Gasteiger partial charge in [-0.2, -0.15) is 0 Å². The summed E-state index contributed by atoms with van der Waals surface area (Å²) in [5.41, 5.74) is 1.47. The van der Waals surface area contributed by atoms with E-state index < -0.39 is 0 Å². The molecule has 1 aromatic carbocycles. The number of ketones is 1. The Morgan fingerprint density at radius 3 is 2.06 bits per heavy atom. The second-order valence-corrected chi connectivity index (χ2v) is 11.0. The van der Waals surface area contributed by atoms with E-state index in [1.54, 1.807) is 17.0 Å². The molecule has 0 radical (unpaired) electrons. The van der Waals surface area contributed by atoms with Crippen LogP contribution in [0.15, 0.2) is 12.1 Å². The Morgan fingerprint density at radius 2 is 1.62 bits per heavy atom. The zero-order valence-corrected chi connectivity index (χ0v) is 22.5. The number of phenols is 1. The second kappa shape index (κ2) is 10.4. The molecule has 0 aromatic heterocycles. The molecule has 180 valence electrons. The standard InChI is InChI=1S/C25H39N3O3.BrH/c1-15(2)23(31)27-13-16-9-10-28(22(16)26)14-20(29)17-11-18(24(3,4)5)21(30)19(12-17)25(6,7)8;/h11-12,15-16,26,30H,9-10,13-14H2,1-8H3,(H,27,31);1H. The number of carbonyl (C=O) groups excluding carboxylic acids is 2. The fourth-order valence-corrected chi connectivity index (χ4v) is 3.82. The van der Waals surface area contributed by atoms with Gasteiger partial charge in [-0.3, -0.25) is 15.0 Å². The third-order valence-corrected chi connectivity index (χ3v) is 5.90. The Bertz CT molecular complexity index is 831. The Morgan fingerprint density at radius 1 is 1.12 bits per heavy atom. The number of benzene rings is 1. The van der Waals surface area contributed by atoms with Gasteiger partial charge in [0.2, 0.25) is 5.91 Å². The van der Waals surface area contributed by atoms with E-state index in [0.29, 0.717) is 24.5 Å². The van der Waals surface area contributed by atoms with Crippen molar-refractivity contribution in [2.24, 2.45) is 11.8 Å². The number of carbonyl (C=O) groups is 2. The number of hydrogen-bond donors (Lipinski definition) is 3. The van der Waals surface area contributed by atoms with Crippen LogP contribution in [0.3, 0.4) is 0 Å². The molecule has 1 atom stereocenters. The van der Waals surface area contributed by atoms with Crippen LogP contribution in [0.25, 0.3) is 0 Å². The first-order valence-corrected chi connectivity index (χ1v) is 11.1. The number of aromatic hydroxyl groups is 1. The maximum absolute atomic E-state index is 13.2. The summed E-state index contributed by atoms with van der Waals surface area (Å²) in [7, 11) is 0. The maximum Gasteiger partial charge on any atom is 0.222 e. The molecule has 0 bridgehead atoms. The molecule has 1 amide bonds. The van der Waals surface area contributed by atoms with E-state index in [1.807, 2.05) is 55.4 Å². The van der Waals surface area contributed by atoms with Gasteiger partial charge < -0.3 is 15.3 Å². The fourth-order valence-electron chi connectivity index (χ4n) is 3.82. The Hall–Kier alpha value is -1.89. The minimum Gasteiger partial charge on any atom is -0.507 e. The molecule has 1 fully saturated rings. The average Bonchev–Trinajstić information content (AvgIpc) is 2.97. The van der Waals surface area contributed by atoms with Crippen molar-refractivity contribution in [1.29, 1.82) is 5.41 Å². The highest BCUT2D eigenvalue weighted by atomic mass is 79.9. The summed E-state index contributed by atoms with van der Waals surface area (Å²) >= 11 is 0. The third kappa shape index (κ3) is 6.56. The van der Waals surface area contributed by atoms with E-state index in [9.17, 15) is 14.7 Å². The molecule has 1 unspecified atom stereocenters. The molecule has 1 aliphatic rings. The van der Waals surface area contributed by atoms with E-state index in [2.05, 4.69) is 5.32 Å². The number of nitrogens with one attached hydrogen (secondary N) is 2. The molecule has 1 heterocycles. The van der Waals surface area contributed by atoms with Crippen molar-refractivity contribution in [3.05, 3.63) is 28.8 Å². The number of halogens is 1. The lowest BCUT2D eigenvalue weighted by Crippen LogP contribution is -2.37. The Labute approximate surface area is 203 Å². The Balaban J connectivity index is 0.00000512. The van der Waals surface area contributed by atoms with Crippen molar-refractivity contribution in [1.82, 2.24) is 10.2 Å². The first-order chi connectivity index (χ1) is 14.1. The summed E-state index contributed by atoms with van der Waals surface area (Å²) in [6.07, 6.45) is 0.751. The van der Waals surface area contributed by atoms with Crippen molar-refractivity contribution in [2.45, 2.75) is 72.6 Å². The number of amidine groups is 1. The highest BCUT2D eigenvalue weighted by Crippen LogP contribution is 2.40. The summed E-state index contributed by atoms with van der Waals surface area (Å²) in [5, 5.41) is 22.2. The molecule has 2 rings (SSSR count). The van der Waals surface area contributed by atoms with Crippen LogP contribution in [0.5, 0.6) is 5.75 Å². The monoisotopic (exact) mass is 509 g/mol. The predicted octanol–water partition coefficient (Wildman–Crippen LogP) is 4.82.